The Labute approximate surface area is 140 Å². The van der Waals surface area contributed by atoms with Gasteiger partial charge in [0.2, 0.25) is 5.91 Å². The number of anilines is 1. The van der Waals surface area contributed by atoms with Crippen molar-refractivity contribution in [1.29, 1.82) is 0 Å². The molecule has 3 rings (SSSR count). The van der Waals surface area contributed by atoms with Crippen LogP contribution in [0.25, 0.3) is 0 Å². The average Bonchev–Trinajstić information content (AvgIpc) is 2.89. The van der Waals surface area contributed by atoms with Crippen LogP contribution in [0.3, 0.4) is 0 Å². The summed E-state index contributed by atoms with van der Waals surface area (Å²) in [6, 6.07) is 8.02. The maximum atomic E-state index is 12.1. The number of benzene rings is 1. The van der Waals surface area contributed by atoms with Crippen LogP contribution in [0.1, 0.15) is 35.4 Å². The van der Waals surface area contributed by atoms with E-state index in [1.807, 2.05) is 44.1 Å². The number of thiazole rings is 1. The molecule has 1 N–H and O–H groups in total. The van der Waals surface area contributed by atoms with Crippen molar-refractivity contribution in [1.82, 2.24) is 10.3 Å². The Hall–Kier alpha value is -2.08. The number of fused-ring (bicyclic) bond motifs is 1. The van der Waals surface area contributed by atoms with Crippen molar-refractivity contribution in [2.75, 3.05) is 25.6 Å². The van der Waals surface area contributed by atoms with Gasteiger partial charge in [-0.1, -0.05) is 12.1 Å². The molecule has 0 radical (unpaired) electrons. The highest BCUT2D eigenvalue weighted by Crippen LogP contribution is 2.39. The van der Waals surface area contributed by atoms with Crippen molar-refractivity contribution in [2.24, 2.45) is 0 Å². The lowest BCUT2D eigenvalue weighted by atomic mass is 9.93. The van der Waals surface area contributed by atoms with Gasteiger partial charge < -0.3 is 15.0 Å². The van der Waals surface area contributed by atoms with Crippen LogP contribution in [0.4, 0.5) is 5.13 Å². The molecule has 0 saturated carbocycles. The third kappa shape index (κ3) is 3.32. The minimum atomic E-state index is 0.0270. The number of aromatic nitrogens is 1. The van der Waals surface area contributed by atoms with E-state index < -0.39 is 0 Å². The minimum Gasteiger partial charge on any atom is -0.494 e. The van der Waals surface area contributed by atoms with Crippen LogP contribution < -0.4 is 15.0 Å². The predicted octanol–water partition coefficient (Wildman–Crippen LogP) is 2.76. The lowest BCUT2D eigenvalue weighted by Gasteiger charge is -2.15. The van der Waals surface area contributed by atoms with E-state index in [4.69, 9.17) is 4.74 Å². The quantitative estimate of drug-likeness (QED) is 0.936. The molecular formula is C17H21N3O2S. The summed E-state index contributed by atoms with van der Waals surface area (Å²) in [6.07, 6.45) is 0.442. The molecule has 0 aliphatic carbocycles. The number of ether oxygens (including phenoxy) is 1. The second-order valence-electron chi connectivity index (χ2n) is 5.74. The molecule has 1 amide bonds. The summed E-state index contributed by atoms with van der Waals surface area (Å²) < 4.78 is 5.61. The van der Waals surface area contributed by atoms with Crippen molar-refractivity contribution in [2.45, 2.75) is 25.8 Å². The molecule has 0 saturated heterocycles. The number of carbonyl (C=O) groups excluding carboxylic acids is 1. The van der Waals surface area contributed by atoms with E-state index in [1.165, 1.54) is 4.88 Å². The van der Waals surface area contributed by atoms with Gasteiger partial charge in [0, 0.05) is 31.3 Å². The van der Waals surface area contributed by atoms with Gasteiger partial charge in [-0.05, 0) is 24.6 Å². The Bertz CT molecular complexity index is 712. The van der Waals surface area contributed by atoms with Gasteiger partial charge >= 0.3 is 0 Å². The van der Waals surface area contributed by atoms with Crippen LogP contribution in [0, 0.1) is 0 Å². The van der Waals surface area contributed by atoms with E-state index in [1.54, 1.807) is 11.3 Å². The van der Waals surface area contributed by atoms with Crippen molar-refractivity contribution in [3.8, 4) is 5.75 Å². The number of carbonyl (C=O) groups is 1. The van der Waals surface area contributed by atoms with Gasteiger partial charge in [0.1, 0.15) is 5.75 Å². The highest BCUT2D eigenvalue weighted by atomic mass is 32.1. The zero-order chi connectivity index (χ0) is 16.4. The van der Waals surface area contributed by atoms with Crippen molar-refractivity contribution in [3.05, 3.63) is 40.4 Å². The van der Waals surface area contributed by atoms with Gasteiger partial charge in [0.15, 0.2) is 5.13 Å². The van der Waals surface area contributed by atoms with Gasteiger partial charge in [-0.3, -0.25) is 4.79 Å². The second kappa shape index (κ2) is 6.58. The number of amides is 1. The predicted molar refractivity (Wildman–Crippen MR) is 92.4 cm³/mol. The molecule has 1 atom stereocenters. The molecule has 1 aromatic heterocycles. The number of hydrogen-bond donors (Lipinski definition) is 1. The van der Waals surface area contributed by atoms with Crippen LogP contribution in [0.5, 0.6) is 5.75 Å². The number of nitrogens with zero attached hydrogens (tertiary/aromatic N) is 2. The average molecular weight is 331 g/mol. The third-order valence-corrected chi connectivity index (χ3v) is 5.21. The van der Waals surface area contributed by atoms with E-state index in [2.05, 4.69) is 16.4 Å². The highest BCUT2D eigenvalue weighted by Gasteiger charge is 2.28. The smallest absolute Gasteiger partial charge is 0.221 e. The number of hydrogen-bond acceptors (Lipinski definition) is 5. The van der Waals surface area contributed by atoms with Gasteiger partial charge in [0.05, 0.1) is 18.8 Å². The largest absolute Gasteiger partial charge is 0.494 e. The second-order valence-corrected chi connectivity index (χ2v) is 6.75. The zero-order valence-corrected chi connectivity index (χ0v) is 14.4. The van der Waals surface area contributed by atoms with Crippen molar-refractivity contribution >= 4 is 22.4 Å². The molecule has 1 aliphatic rings. The third-order valence-electron chi connectivity index (χ3n) is 3.83. The molecule has 0 fully saturated rings. The zero-order valence-electron chi connectivity index (χ0n) is 13.6. The fourth-order valence-corrected chi connectivity index (χ4v) is 3.86. The first kappa shape index (κ1) is 15.8. The van der Waals surface area contributed by atoms with E-state index in [0.29, 0.717) is 19.6 Å². The van der Waals surface area contributed by atoms with Crippen LogP contribution in [-0.4, -0.2) is 31.6 Å². The lowest BCUT2D eigenvalue weighted by molar-refractivity contribution is -0.121. The Morgan fingerprint density at radius 3 is 3.00 bits per heavy atom. The molecule has 2 aromatic rings. The van der Waals surface area contributed by atoms with E-state index in [0.717, 1.165) is 22.1 Å². The van der Waals surface area contributed by atoms with Crippen molar-refractivity contribution < 1.29 is 9.53 Å². The molecule has 1 aromatic carbocycles. The summed E-state index contributed by atoms with van der Waals surface area (Å²) >= 11 is 1.66. The highest BCUT2D eigenvalue weighted by molar-refractivity contribution is 7.15. The maximum absolute atomic E-state index is 12.1. The summed E-state index contributed by atoms with van der Waals surface area (Å²) in [5.74, 6) is 0.932. The SMILES string of the molecule is CCOc1cccc([C@@H]2CC(=O)NCc3nc(N(C)C)sc32)c1. The molecule has 0 spiro atoms. The molecule has 23 heavy (non-hydrogen) atoms. The molecule has 6 heteroatoms. The molecular weight excluding hydrogens is 310 g/mol. The van der Waals surface area contributed by atoms with E-state index in [9.17, 15) is 4.79 Å². The lowest BCUT2D eigenvalue weighted by Crippen LogP contribution is -2.21. The summed E-state index contributed by atoms with van der Waals surface area (Å²) in [6.45, 7) is 3.10. The van der Waals surface area contributed by atoms with Gasteiger partial charge in [-0.2, -0.15) is 0 Å². The fourth-order valence-electron chi connectivity index (χ4n) is 2.73. The molecule has 1 aliphatic heterocycles. The van der Waals surface area contributed by atoms with Crippen LogP contribution in [-0.2, 0) is 11.3 Å². The fraction of sp³-hybridized carbons (Fsp3) is 0.412. The summed E-state index contributed by atoms with van der Waals surface area (Å²) in [5.41, 5.74) is 2.07. The molecule has 0 bridgehead atoms. The molecule has 0 unspecified atom stereocenters. The maximum Gasteiger partial charge on any atom is 0.221 e. The Kier molecular flexibility index (Phi) is 4.52. The Morgan fingerprint density at radius 1 is 1.43 bits per heavy atom. The van der Waals surface area contributed by atoms with Gasteiger partial charge in [-0.15, -0.1) is 11.3 Å². The first-order chi connectivity index (χ1) is 11.1. The van der Waals surface area contributed by atoms with E-state index in [-0.39, 0.29) is 11.8 Å². The number of nitrogens with one attached hydrogen (secondary N) is 1. The summed E-state index contributed by atoms with van der Waals surface area (Å²) in [7, 11) is 3.98. The topological polar surface area (TPSA) is 54.5 Å². The molecule has 122 valence electrons. The van der Waals surface area contributed by atoms with Crippen molar-refractivity contribution in [3.63, 3.8) is 0 Å². The Morgan fingerprint density at radius 2 is 2.26 bits per heavy atom. The summed E-state index contributed by atoms with van der Waals surface area (Å²) in [4.78, 5) is 19.9. The standard InChI is InChI=1S/C17H21N3O2S/c1-4-22-12-7-5-6-11(8-12)13-9-15(21)18-10-14-16(13)23-17(19-14)20(2)3/h5-8,13H,4,9-10H2,1-3H3,(H,18,21)/t13-/m0/s1. The number of rotatable bonds is 4. The van der Waals surface area contributed by atoms with Gasteiger partial charge in [-0.25, -0.2) is 4.98 Å². The minimum absolute atomic E-state index is 0.0270. The monoisotopic (exact) mass is 331 g/mol. The van der Waals surface area contributed by atoms with Gasteiger partial charge in [0.25, 0.3) is 0 Å². The normalized spacial score (nSPS) is 17.2. The first-order valence-electron chi connectivity index (χ1n) is 7.75. The molecule has 2 heterocycles. The Balaban J connectivity index is 2.03. The summed E-state index contributed by atoms with van der Waals surface area (Å²) in [5, 5.41) is 3.92. The van der Waals surface area contributed by atoms with Crippen LogP contribution >= 0.6 is 11.3 Å². The van der Waals surface area contributed by atoms with Crippen LogP contribution in [0.2, 0.25) is 0 Å². The van der Waals surface area contributed by atoms with Crippen LogP contribution in [0.15, 0.2) is 24.3 Å². The first-order valence-corrected chi connectivity index (χ1v) is 8.56. The molecule has 5 nitrogen and oxygen atoms in total. The van der Waals surface area contributed by atoms with E-state index >= 15 is 0 Å².